The molecule has 21 heavy (non-hydrogen) atoms. The minimum absolute atomic E-state index is 0.0473. The van der Waals surface area contributed by atoms with Crippen molar-refractivity contribution in [3.8, 4) is 0 Å². The highest BCUT2D eigenvalue weighted by Gasteiger charge is 2.19. The maximum atomic E-state index is 13.1. The number of benzene rings is 1. The first kappa shape index (κ1) is 16.9. The van der Waals surface area contributed by atoms with Crippen molar-refractivity contribution in [2.75, 3.05) is 13.6 Å². The smallest absolute Gasteiger partial charge is 0.317 e. The number of carboxylic acid groups (broad SMARTS) is 1. The van der Waals surface area contributed by atoms with Crippen LogP contribution in [0.15, 0.2) is 18.2 Å². The van der Waals surface area contributed by atoms with E-state index in [1.165, 1.54) is 24.9 Å². The number of carbonyl (C=O) groups excluding carboxylic acids is 1. The second kappa shape index (κ2) is 7.01. The van der Waals surface area contributed by atoms with Gasteiger partial charge in [-0.2, -0.15) is 0 Å². The number of hydrogen-bond donors (Lipinski definition) is 2. The number of carboxylic acids is 1. The van der Waals surface area contributed by atoms with Crippen LogP contribution in [0.4, 0.5) is 13.6 Å². The number of urea groups is 1. The quantitative estimate of drug-likeness (QED) is 0.877. The van der Waals surface area contributed by atoms with Crippen LogP contribution in [0.5, 0.6) is 0 Å². The Morgan fingerprint density at radius 2 is 1.90 bits per heavy atom. The number of nitrogens with zero attached hydrogens (tertiary/aromatic N) is 1. The fourth-order valence-corrected chi connectivity index (χ4v) is 1.73. The molecule has 0 saturated carbocycles. The summed E-state index contributed by atoms with van der Waals surface area (Å²) >= 11 is 0. The van der Waals surface area contributed by atoms with Crippen LogP contribution in [-0.4, -0.2) is 35.6 Å². The van der Waals surface area contributed by atoms with E-state index in [2.05, 4.69) is 5.32 Å². The van der Waals surface area contributed by atoms with Crippen molar-refractivity contribution in [1.29, 1.82) is 0 Å². The Balaban J connectivity index is 2.64. The topological polar surface area (TPSA) is 69.6 Å². The molecule has 2 amide bonds. The molecule has 2 unspecified atom stereocenters. The zero-order valence-corrected chi connectivity index (χ0v) is 12.1. The van der Waals surface area contributed by atoms with Crippen LogP contribution < -0.4 is 5.32 Å². The van der Waals surface area contributed by atoms with Crippen molar-refractivity contribution in [1.82, 2.24) is 10.2 Å². The molecule has 2 N–H and O–H groups in total. The van der Waals surface area contributed by atoms with E-state index >= 15 is 0 Å². The lowest BCUT2D eigenvalue weighted by molar-refractivity contribution is -0.141. The summed E-state index contributed by atoms with van der Waals surface area (Å²) in [5, 5.41) is 11.4. The maximum Gasteiger partial charge on any atom is 0.317 e. The lowest BCUT2D eigenvalue weighted by Crippen LogP contribution is -2.41. The van der Waals surface area contributed by atoms with Crippen LogP contribution in [0.25, 0.3) is 0 Å². The Hall–Kier alpha value is -2.18. The summed E-state index contributed by atoms with van der Waals surface area (Å²) in [7, 11) is 1.47. The average molecular weight is 300 g/mol. The van der Waals surface area contributed by atoms with Gasteiger partial charge in [0.25, 0.3) is 0 Å². The van der Waals surface area contributed by atoms with Gasteiger partial charge >= 0.3 is 12.0 Å². The second-order valence-electron chi connectivity index (χ2n) is 4.96. The second-order valence-corrected chi connectivity index (χ2v) is 4.96. The first-order chi connectivity index (χ1) is 9.72. The first-order valence-electron chi connectivity index (χ1n) is 6.41. The molecule has 7 heteroatoms. The van der Waals surface area contributed by atoms with Gasteiger partial charge in [0, 0.05) is 13.6 Å². The van der Waals surface area contributed by atoms with Gasteiger partial charge in [-0.1, -0.05) is 13.0 Å². The number of rotatable bonds is 5. The van der Waals surface area contributed by atoms with Gasteiger partial charge < -0.3 is 15.3 Å². The monoisotopic (exact) mass is 300 g/mol. The Kier molecular flexibility index (Phi) is 5.63. The van der Waals surface area contributed by atoms with Crippen LogP contribution in [0, 0.1) is 17.6 Å². The minimum Gasteiger partial charge on any atom is -0.481 e. The maximum absolute atomic E-state index is 13.1. The van der Waals surface area contributed by atoms with Crippen molar-refractivity contribution < 1.29 is 23.5 Å². The minimum atomic E-state index is -0.997. The van der Waals surface area contributed by atoms with Crippen LogP contribution >= 0.6 is 0 Å². The van der Waals surface area contributed by atoms with Gasteiger partial charge in [0.05, 0.1) is 12.0 Å². The molecule has 0 aliphatic rings. The Labute approximate surface area is 121 Å². The molecule has 0 aliphatic carbocycles. The first-order valence-corrected chi connectivity index (χ1v) is 6.41. The van der Waals surface area contributed by atoms with Crippen molar-refractivity contribution in [3.05, 3.63) is 35.4 Å². The SMILES string of the molecule is CC(CN(C)C(=O)NC(C)c1ccc(F)c(F)c1)C(=O)O. The molecule has 1 aromatic carbocycles. The summed E-state index contributed by atoms with van der Waals surface area (Å²) in [4.78, 5) is 23.9. The molecule has 0 heterocycles. The largest absolute Gasteiger partial charge is 0.481 e. The van der Waals surface area contributed by atoms with E-state index in [0.29, 0.717) is 5.56 Å². The van der Waals surface area contributed by atoms with Crippen LogP contribution in [0.1, 0.15) is 25.5 Å². The standard InChI is InChI=1S/C14H18F2N2O3/c1-8(13(19)20)7-18(3)14(21)17-9(2)10-4-5-11(15)12(16)6-10/h4-6,8-9H,7H2,1-3H3,(H,17,21)(H,19,20). The van der Waals surface area contributed by atoms with Crippen molar-refractivity contribution >= 4 is 12.0 Å². The summed E-state index contributed by atoms with van der Waals surface area (Å²) in [6.45, 7) is 3.16. The summed E-state index contributed by atoms with van der Waals surface area (Å²) in [5.74, 6) is -3.63. The van der Waals surface area contributed by atoms with Crippen LogP contribution in [0.3, 0.4) is 0 Å². The van der Waals surface area contributed by atoms with Gasteiger partial charge in [-0.3, -0.25) is 4.79 Å². The summed E-state index contributed by atoms with van der Waals surface area (Å²) in [6, 6.07) is 2.36. The van der Waals surface area contributed by atoms with Crippen LogP contribution in [0.2, 0.25) is 0 Å². The average Bonchev–Trinajstić information content (AvgIpc) is 2.41. The molecule has 0 aliphatic heterocycles. The lowest BCUT2D eigenvalue weighted by Gasteiger charge is -2.23. The van der Waals surface area contributed by atoms with Gasteiger partial charge in [-0.25, -0.2) is 13.6 Å². The Bertz CT molecular complexity index is 537. The van der Waals surface area contributed by atoms with E-state index in [0.717, 1.165) is 12.1 Å². The molecule has 5 nitrogen and oxygen atoms in total. The van der Waals surface area contributed by atoms with Crippen molar-refractivity contribution in [3.63, 3.8) is 0 Å². The zero-order chi connectivity index (χ0) is 16.2. The third-order valence-electron chi connectivity index (χ3n) is 3.10. The van der Waals surface area contributed by atoms with E-state index < -0.39 is 35.6 Å². The highest BCUT2D eigenvalue weighted by atomic mass is 19.2. The summed E-state index contributed by atoms with van der Waals surface area (Å²) < 4.78 is 26.0. The molecule has 0 bridgehead atoms. The molecular weight excluding hydrogens is 282 g/mol. The van der Waals surface area contributed by atoms with E-state index in [1.54, 1.807) is 6.92 Å². The van der Waals surface area contributed by atoms with Gasteiger partial charge in [0.1, 0.15) is 0 Å². The summed E-state index contributed by atoms with van der Waals surface area (Å²) in [6.07, 6.45) is 0. The van der Waals surface area contributed by atoms with Crippen molar-refractivity contribution in [2.24, 2.45) is 5.92 Å². The van der Waals surface area contributed by atoms with Crippen molar-refractivity contribution in [2.45, 2.75) is 19.9 Å². The molecule has 1 rings (SSSR count). The van der Waals surface area contributed by atoms with E-state index in [9.17, 15) is 18.4 Å². The number of nitrogens with one attached hydrogen (secondary N) is 1. The molecule has 2 atom stereocenters. The number of halogens is 2. The molecule has 0 radical (unpaired) electrons. The highest BCUT2D eigenvalue weighted by Crippen LogP contribution is 2.16. The lowest BCUT2D eigenvalue weighted by atomic mass is 10.1. The number of amides is 2. The van der Waals surface area contributed by atoms with Gasteiger partial charge in [-0.15, -0.1) is 0 Å². The summed E-state index contributed by atoms with van der Waals surface area (Å²) in [5.41, 5.74) is 0.418. The molecule has 0 fully saturated rings. The van der Waals surface area contributed by atoms with E-state index in [4.69, 9.17) is 5.11 Å². The molecule has 0 spiro atoms. The number of carbonyl (C=O) groups is 2. The van der Waals surface area contributed by atoms with E-state index in [1.807, 2.05) is 0 Å². The molecule has 0 aromatic heterocycles. The molecule has 116 valence electrons. The highest BCUT2D eigenvalue weighted by molar-refractivity contribution is 5.76. The molecular formula is C14H18F2N2O3. The normalized spacial score (nSPS) is 13.4. The predicted molar refractivity (Wildman–Crippen MR) is 72.7 cm³/mol. The van der Waals surface area contributed by atoms with Gasteiger partial charge in [0.2, 0.25) is 0 Å². The number of hydrogen-bond acceptors (Lipinski definition) is 2. The third kappa shape index (κ3) is 4.70. The Morgan fingerprint density at radius 1 is 1.29 bits per heavy atom. The van der Waals surface area contributed by atoms with Gasteiger partial charge in [0.15, 0.2) is 11.6 Å². The Morgan fingerprint density at radius 3 is 2.43 bits per heavy atom. The molecule has 1 aromatic rings. The predicted octanol–water partition coefficient (Wildman–Crippen LogP) is 2.39. The molecule has 0 saturated heterocycles. The fraction of sp³-hybridized carbons (Fsp3) is 0.429. The van der Waals surface area contributed by atoms with Gasteiger partial charge in [-0.05, 0) is 24.6 Å². The third-order valence-corrected chi connectivity index (χ3v) is 3.10. The fourth-order valence-electron chi connectivity index (χ4n) is 1.73. The van der Waals surface area contributed by atoms with Crippen LogP contribution in [-0.2, 0) is 4.79 Å². The number of aliphatic carboxylic acids is 1. The van der Waals surface area contributed by atoms with E-state index in [-0.39, 0.29) is 6.54 Å². The zero-order valence-electron chi connectivity index (χ0n) is 12.1.